The molecule has 0 aliphatic carbocycles. The number of hydrogen-bond acceptors (Lipinski definition) is 10. The van der Waals surface area contributed by atoms with E-state index in [9.17, 15) is 29.8 Å². The van der Waals surface area contributed by atoms with Crippen LogP contribution < -0.4 is 0 Å². The lowest BCUT2D eigenvalue weighted by Gasteiger charge is -2.15. The Morgan fingerprint density at radius 2 is 1.23 bits per heavy atom. The predicted octanol–water partition coefficient (Wildman–Crippen LogP) is 1.54. The Hall–Kier alpha value is -2.86. The number of carbonyl (C=O) groups excluding carboxylic acids is 2. The van der Waals surface area contributed by atoms with Crippen LogP contribution in [0.1, 0.15) is 41.5 Å². The summed E-state index contributed by atoms with van der Waals surface area (Å²) in [5, 5.41) is 35.6. The first kappa shape index (κ1) is 34.6. The van der Waals surface area contributed by atoms with Crippen LogP contribution in [0.25, 0.3) is 0 Å². The highest BCUT2D eigenvalue weighted by Gasteiger charge is 2.32. The fourth-order valence-corrected chi connectivity index (χ4v) is 0.650. The van der Waals surface area contributed by atoms with Gasteiger partial charge in [0.15, 0.2) is 6.61 Å². The Morgan fingerprint density at radius 3 is 1.37 bits per heavy atom. The molecule has 0 fully saturated rings. The normalized spacial score (nSPS) is 9.67. The van der Waals surface area contributed by atoms with Gasteiger partial charge in [-0.05, 0) is 13.8 Å². The summed E-state index contributed by atoms with van der Waals surface area (Å²) < 4.78 is 8.92. The molecular formula is C18H34N2O10. The molecule has 0 aliphatic heterocycles. The van der Waals surface area contributed by atoms with Crippen LogP contribution >= 0.6 is 0 Å². The van der Waals surface area contributed by atoms with Crippen molar-refractivity contribution in [1.29, 1.82) is 0 Å². The molecule has 12 nitrogen and oxygen atoms in total. The van der Waals surface area contributed by atoms with Crippen LogP contribution in [-0.2, 0) is 19.1 Å². The maximum absolute atomic E-state index is 10.9. The summed E-state index contributed by atoms with van der Waals surface area (Å²) in [7, 11) is 2.33. The molecule has 0 spiro atoms. The lowest BCUT2D eigenvalue weighted by atomic mass is 10.1. The molecule has 0 aromatic rings. The van der Waals surface area contributed by atoms with Crippen LogP contribution in [0.4, 0.5) is 0 Å². The standard InChI is InChI=1S/C8H13NO4.C5H8O2.C4H9NO3.CH4O/c1-6(2)7(10)13-5-8(3,4)9(11)12;1-4(2)5(6)7-3;1-4(2,3-6)5(7)8;1-2/h1,5H2,2-4H3;1H2,2-3H3;6H,3H2,1-2H3;2H,1H3. The minimum absolute atomic E-state index is 0.235. The summed E-state index contributed by atoms with van der Waals surface area (Å²) >= 11 is 0. The fraction of sp³-hybridized carbons (Fsp3) is 0.667. The lowest BCUT2D eigenvalue weighted by molar-refractivity contribution is -0.563. The summed E-state index contributed by atoms with van der Waals surface area (Å²) in [6, 6.07) is 0. The number of hydrogen-bond donors (Lipinski definition) is 2. The number of esters is 2. The molecule has 0 unspecified atom stereocenters. The minimum atomic E-state index is -1.24. The molecule has 0 atom stereocenters. The van der Waals surface area contributed by atoms with Crippen LogP contribution in [0.5, 0.6) is 0 Å². The number of methoxy groups -OCH3 is 1. The Balaban J connectivity index is -0.000000172. The second-order valence-electron chi connectivity index (χ2n) is 6.93. The second kappa shape index (κ2) is 17.0. The summed E-state index contributed by atoms with van der Waals surface area (Å²) in [6.07, 6.45) is 0. The van der Waals surface area contributed by atoms with Gasteiger partial charge < -0.3 is 19.7 Å². The van der Waals surface area contributed by atoms with E-state index in [1.54, 1.807) is 6.92 Å². The van der Waals surface area contributed by atoms with E-state index in [1.807, 2.05) is 0 Å². The van der Waals surface area contributed by atoms with Crippen molar-refractivity contribution >= 4 is 11.9 Å². The first-order valence-corrected chi connectivity index (χ1v) is 8.37. The van der Waals surface area contributed by atoms with Crippen molar-refractivity contribution in [3.63, 3.8) is 0 Å². The van der Waals surface area contributed by atoms with Crippen molar-refractivity contribution in [2.45, 2.75) is 52.6 Å². The van der Waals surface area contributed by atoms with Crippen molar-refractivity contribution in [2.24, 2.45) is 0 Å². The van der Waals surface area contributed by atoms with E-state index in [0.717, 1.165) is 7.11 Å². The second-order valence-corrected chi connectivity index (χ2v) is 6.93. The molecule has 0 aromatic heterocycles. The average molecular weight is 438 g/mol. The molecule has 0 radical (unpaired) electrons. The van der Waals surface area contributed by atoms with Crippen molar-refractivity contribution in [3.8, 4) is 0 Å². The van der Waals surface area contributed by atoms with Gasteiger partial charge in [0.05, 0.1) is 7.11 Å². The van der Waals surface area contributed by atoms with Gasteiger partial charge in [-0.25, -0.2) is 9.59 Å². The van der Waals surface area contributed by atoms with Gasteiger partial charge in [0.2, 0.25) is 11.1 Å². The molecule has 0 rings (SSSR count). The van der Waals surface area contributed by atoms with Gasteiger partial charge in [0.25, 0.3) is 0 Å². The lowest BCUT2D eigenvalue weighted by Crippen LogP contribution is -2.37. The smallest absolute Gasteiger partial charge is 0.333 e. The Kier molecular flexibility index (Phi) is 19.7. The van der Waals surface area contributed by atoms with Crippen LogP contribution in [0.15, 0.2) is 24.3 Å². The quantitative estimate of drug-likeness (QED) is 0.256. The molecule has 0 aliphatic rings. The topological polar surface area (TPSA) is 179 Å². The van der Waals surface area contributed by atoms with Crippen LogP contribution in [0, 0.1) is 20.2 Å². The molecule has 0 saturated carbocycles. The Morgan fingerprint density at radius 1 is 0.900 bits per heavy atom. The van der Waals surface area contributed by atoms with Gasteiger partial charge in [-0.2, -0.15) is 0 Å². The van der Waals surface area contributed by atoms with E-state index in [4.69, 9.17) is 10.2 Å². The van der Waals surface area contributed by atoms with Crippen molar-refractivity contribution in [3.05, 3.63) is 44.5 Å². The Bertz CT molecular complexity index is 598. The van der Waals surface area contributed by atoms with Gasteiger partial charge >= 0.3 is 11.9 Å². The first-order chi connectivity index (χ1) is 13.5. The highest BCUT2D eigenvalue weighted by atomic mass is 16.6. The number of carbonyl (C=O) groups is 2. The number of ether oxygens (including phenoxy) is 2. The highest BCUT2D eigenvalue weighted by molar-refractivity contribution is 5.87. The van der Waals surface area contributed by atoms with E-state index >= 15 is 0 Å². The molecular weight excluding hydrogens is 404 g/mol. The molecule has 0 heterocycles. The number of nitrogens with zero attached hydrogens (tertiary/aromatic N) is 2. The third kappa shape index (κ3) is 18.5. The molecule has 0 saturated heterocycles. The van der Waals surface area contributed by atoms with Gasteiger partial charge in [0.1, 0.15) is 6.61 Å². The van der Waals surface area contributed by atoms with E-state index in [1.165, 1.54) is 41.7 Å². The maximum atomic E-state index is 10.9. The Labute approximate surface area is 176 Å². The molecule has 2 N–H and O–H groups in total. The molecule has 12 heteroatoms. The average Bonchev–Trinajstić information content (AvgIpc) is 2.67. The molecule has 0 aromatic carbocycles. The van der Waals surface area contributed by atoms with Gasteiger partial charge in [-0.3, -0.25) is 20.2 Å². The van der Waals surface area contributed by atoms with E-state index in [0.29, 0.717) is 5.57 Å². The molecule has 176 valence electrons. The number of nitro groups is 2. The monoisotopic (exact) mass is 438 g/mol. The summed E-state index contributed by atoms with van der Waals surface area (Å²) in [4.78, 5) is 40.4. The molecule has 30 heavy (non-hydrogen) atoms. The third-order valence-corrected chi connectivity index (χ3v) is 2.81. The first-order valence-electron chi connectivity index (χ1n) is 8.37. The largest absolute Gasteiger partial charge is 0.466 e. The van der Waals surface area contributed by atoms with Gasteiger partial charge in [0, 0.05) is 55.8 Å². The number of aliphatic hydroxyl groups is 2. The van der Waals surface area contributed by atoms with Crippen LogP contribution in [0.3, 0.4) is 0 Å². The van der Waals surface area contributed by atoms with Crippen LogP contribution in [-0.4, -0.2) is 70.5 Å². The van der Waals surface area contributed by atoms with Crippen molar-refractivity contribution in [2.75, 3.05) is 27.4 Å². The zero-order chi connectivity index (χ0) is 25.3. The summed E-state index contributed by atoms with van der Waals surface area (Å²) in [5.74, 6) is -0.949. The van der Waals surface area contributed by atoms with E-state index in [2.05, 4.69) is 22.6 Å². The zero-order valence-electron chi connectivity index (χ0n) is 18.9. The van der Waals surface area contributed by atoms with Crippen LogP contribution in [0.2, 0.25) is 0 Å². The number of rotatable bonds is 7. The van der Waals surface area contributed by atoms with E-state index in [-0.39, 0.29) is 18.1 Å². The third-order valence-electron chi connectivity index (χ3n) is 2.81. The summed E-state index contributed by atoms with van der Waals surface area (Å²) in [6.45, 7) is 14.6. The highest BCUT2D eigenvalue weighted by Crippen LogP contribution is 2.08. The fourth-order valence-electron chi connectivity index (χ4n) is 0.650. The van der Waals surface area contributed by atoms with E-state index < -0.39 is 33.5 Å². The van der Waals surface area contributed by atoms with Crippen molar-refractivity contribution < 1.29 is 39.1 Å². The number of aliphatic hydroxyl groups excluding tert-OH is 2. The maximum Gasteiger partial charge on any atom is 0.333 e. The SMILES string of the molecule is C=C(C)C(=O)OC.C=C(C)C(=O)OCC(C)(C)[N+](=O)[O-].CC(C)(CO)[N+](=O)[O-].CO. The molecule has 0 amide bonds. The van der Waals surface area contributed by atoms with Crippen molar-refractivity contribution in [1.82, 2.24) is 0 Å². The predicted molar refractivity (Wildman–Crippen MR) is 110 cm³/mol. The van der Waals surface area contributed by atoms with Gasteiger partial charge in [-0.1, -0.05) is 13.2 Å². The van der Waals surface area contributed by atoms with Gasteiger partial charge in [-0.15, -0.1) is 0 Å². The zero-order valence-corrected chi connectivity index (χ0v) is 18.9. The summed E-state index contributed by atoms with van der Waals surface area (Å²) in [5.41, 5.74) is -1.76. The molecule has 0 bridgehead atoms. The minimum Gasteiger partial charge on any atom is -0.466 e.